The van der Waals surface area contributed by atoms with Crippen molar-refractivity contribution in [3.8, 4) is 0 Å². The van der Waals surface area contributed by atoms with Gasteiger partial charge in [-0.05, 0) is 43.8 Å². The van der Waals surface area contributed by atoms with Crippen LogP contribution in [0.4, 0.5) is 5.69 Å². The Hall–Kier alpha value is -1.87. The van der Waals surface area contributed by atoms with Crippen LogP contribution in [0.1, 0.15) is 25.3 Å². The van der Waals surface area contributed by atoms with Crippen LogP contribution in [0.25, 0.3) is 0 Å². The molecule has 0 aliphatic carbocycles. The van der Waals surface area contributed by atoms with Crippen molar-refractivity contribution < 1.29 is 13.2 Å². The molecule has 156 valence electrons. The van der Waals surface area contributed by atoms with Gasteiger partial charge in [-0.15, -0.1) is 11.8 Å². The maximum atomic E-state index is 12.6. The SMILES string of the molecule is CC1CC(=O)Nc2cc(S(=O)(=O)NCCCN(C)Cc3ccccc3)ccc2S1. The average Bonchev–Trinajstić information content (AvgIpc) is 2.81. The summed E-state index contributed by atoms with van der Waals surface area (Å²) in [5.74, 6) is -0.0901. The second kappa shape index (κ2) is 9.75. The molecule has 0 bridgehead atoms. The number of nitrogens with zero attached hydrogens (tertiary/aromatic N) is 1. The number of hydrogen-bond donors (Lipinski definition) is 2. The molecule has 0 spiro atoms. The largest absolute Gasteiger partial charge is 0.325 e. The molecule has 1 heterocycles. The van der Waals surface area contributed by atoms with Crippen LogP contribution in [0, 0.1) is 0 Å². The second-order valence-electron chi connectivity index (χ2n) is 7.31. The van der Waals surface area contributed by atoms with Gasteiger partial charge in [-0.3, -0.25) is 4.79 Å². The molecule has 3 rings (SSSR count). The van der Waals surface area contributed by atoms with Crippen LogP contribution in [-0.4, -0.2) is 44.6 Å². The highest BCUT2D eigenvalue weighted by molar-refractivity contribution is 8.00. The Bertz CT molecular complexity index is 949. The predicted molar refractivity (Wildman–Crippen MR) is 118 cm³/mol. The first-order valence-corrected chi connectivity index (χ1v) is 12.0. The van der Waals surface area contributed by atoms with E-state index < -0.39 is 10.0 Å². The number of thioether (sulfide) groups is 1. The zero-order chi connectivity index (χ0) is 20.9. The summed E-state index contributed by atoms with van der Waals surface area (Å²) in [6, 6.07) is 15.1. The fourth-order valence-electron chi connectivity index (χ4n) is 3.21. The molecule has 2 N–H and O–H groups in total. The van der Waals surface area contributed by atoms with Crippen LogP contribution < -0.4 is 10.0 Å². The number of carbonyl (C=O) groups is 1. The normalized spacial score (nSPS) is 16.9. The average molecular weight is 434 g/mol. The van der Waals surface area contributed by atoms with Crippen molar-refractivity contribution in [1.29, 1.82) is 0 Å². The van der Waals surface area contributed by atoms with Gasteiger partial charge in [0.15, 0.2) is 0 Å². The summed E-state index contributed by atoms with van der Waals surface area (Å²) in [7, 11) is -1.60. The van der Waals surface area contributed by atoms with Crippen molar-refractivity contribution in [1.82, 2.24) is 9.62 Å². The summed E-state index contributed by atoms with van der Waals surface area (Å²) in [6.07, 6.45) is 1.12. The zero-order valence-corrected chi connectivity index (χ0v) is 18.4. The first-order chi connectivity index (χ1) is 13.8. The third-order valence-electron chi connectivity index (χ3n) is 4.64. The molecule has 2 aromatic rings. The number of amides is 1. The van der Waals surface area contributed by atoms with E-state index in [1.165, 1.54) is 5.56 Å². The monoisotopic (exact) mass is 433 g/mol. The topological polar surface area (TPSA) is 78.5 Å². The lowest BCUT2D eigenvalue weighted by Crippen LogP contribution is -2.28. The number of fused-ring (bicyclic) bond motifs is 1. The predicted octanol–water partition coefficient (Wildman–Crippen LogP) is 3.31. The quantitative estimate of drug-likeness (QED) is 0.625. The first kappa shape index (κ1) is 21.8. The van der Waals surface area contributed by atoms with Crippen molar-refractivity contribution in [2.75, 3.05) is 25.5 Å². The molecule has 0 radical (unpaired) electrons. The molecule has 1 amide bonds. The van der Waals surface area contributed by atoms with E-state index in [0.29, 0.717) is 25.1 Å². The number of carbonyl (C=O) groups excluding carboxylic acids is 1. The van der Waals surface area contributed by atoms with Gasteiger partial charge in [-0.2, -0.15) is 0 Å². The van der Waals surface area contributed by atoms with Crippen molar-refractivity contribution in [2.45, 2.75) is 41.4 Å². The maximum absolute atomic E-state index is 12.6. The zero-order valence-electron chi connectivity index (χ0n) is 16.7. The Labute approximate surface area is 177 Å². The number of anilines is 1. The molecule has 0 fully saturated rings. The van der Waals surface area contributed by atoms with E-state index >= 15 is 0 Å². The lowest BCUT2D eigenvalue weighted by molar-refractivity contribution is -0.116. The summed E-state index contributed by atoms with van der Waals surface area (Å²) >= 11 is 1.58. The number of rotatable bonds is 8. The summed E-state index contributed by atoms with van der Waals surface area (Å²) in [6.45, 7) is 3.96. The lowest BCUT2D eigenvalue weighted by atomic mass is 10.2. The van der Waals surface area contributed by atoms with Gasteiger partial charge in [0.05, 0.1) is 10.6 Å². The minimum absolute atomic E-state index is 0.0901. The van der Waals surface area contributed by atoms with E-state index in [2.05, 4.69) is 27.1 Å². The van der Waals surface area contributed by atoms with Gasteiger partial charge < -0.3 is 10.2 Å². The van der Waals surface area contributed by atoms with Crippen molar-refractivity contribution in [3.63, 3.8) is 0 Å². The molecule has 0 aromatic heterocycles. The minimum Gasteiger partial charge on any atom is -0.325 e. The molecule has 1 aliphatic heterocycles. The summed E-state index contributed by atoms with van der Waals surface area (Å²) in [5, 5.41) is 2.97. The highest BCUT2D eigenvalue weighted by atomic mass is 32.2. The molecule has 29 heavy (non-hydrogen) atoms. The summed E-state index contributed by atoms with van der Waals surface area (Å²) in [5.41, 5.74) is 1.80. The van der Waals surface area contributed by atoms with E-state index in [0.717, 1.165) is 18.0 Å². The Morgan fingerprint density at radius 1 is 1.21 bits per heavy atom. The van der Waals surface area contributed by atoms with E-state index in [1.54, 1.807) is 30.0 Å². The van der Waals surface area contributed by atoms with Gasteiger partial charge >= 0.3 is 0 Å². The van der Waals surface area contributed by atoms with E-state index in [-0.39, 0.29) is 16.1 Å². The number of sulfonamides is 1. The number of hydrogen-bond acceptors (Lipinski definition) is 5. The molecule has 1 aliphatic rings. The van der Waals surface area contributed by atoms with Crippen molar-refractivity contribution in [3.05, 3.63) is 54.1 Å². The van der Waals surface area contributed by atoms with Gasteiger partial charge in [0.25, 0.3) is 0 Å². The number of benzene rings is 2. The standard InChI is InChI=1S/C21H27N3O3S2/c1-16-13-21(25)23-19-14-18(9-10-20(19)28-16)29(26,27)22-11-6-12-24(2)15-17-7-4-3-5-8-17/h3-5,7-10,14,16,22H,6,11-13,15H2,1-2H3,(H,23,25). The van der Waals surface area contributed by atoms with Crippen LogP contribution >= 0.6 is 11.8 Å². The third-order valence-corrected chi connectivity index (χ3v) is 7.28. The molecule has 6 nitrogen and oxygen atoms in total. The second-order valence-corrected chi connectivity index (χ2v) is 10.6. The first-order valence-electron chi connectivity index (χ1n) is 9.66. The maximum Gasteiger partial charge on any atom is 0.240 e. The van der Waals surface area contributed by atoms with Crippen LogP contribution in [0.5, 0.6) is 0 Å². The minimum atomic E-state index is -3.62. The Kier molecular flexibility index (Phi) is 7.34. The van der Waals surface area contributed by atoms with Gasteiger partial charge in [0.1, 0.15) is 0 Å². The van der Waals surface area contributed by atoms with Crippen molar-refractivity contribution in [2.24, 2.45) is 0 Å². The van der Waals surface area contributed by atoms with Crippen molar-refractivity contribution >= 4 is 33.4 Å². The Morgan fingerprint density at radius 2 is 1.97 bits per heavy atom. The Morgan fingerprint density at radius 3 is 2.72 bits per heavy atom. The fraction of sp³-hybridized carbons (Fsp3) is 0.381. The van der Waals surface area contributed by atoms with E-state index in [4.69, 9.17) is 0 Å². The highest BCUT2D eigenvalue weighted by Gasteiger charge is 2.22. The van der Waals surface area contributed by atoms with E-state index in [1.807, 2.05) is 32.2 Å². The van der Waals surface area contributed by atoms with E-state index in [9.17, 15) is 13.2 Å². The van der Waals surface area contributed by atoms with Crippen LogP contribution in [-0.2, 0) is 21.4 Å². The molecule has 1 atom stereocenters. The molecular formula is C21H27N3O3S2. The molecule has 0 saturated carbocycles. The molecule has 8 heteroatoms. The lowest BCUT2D eigenvalue weighted by Gasteiger charge is -2.17. The molecule has 0 saturated heterocycles. The van der Waals surface area contributed by atoms with Crippen LogP contribution in [0.3, 0.4) is 0 Å². The third kappa shape index (κ3) is 6.30. The van der Waals surface area contributed by atoms with Gasteiger partial charge in [0.2, 0.25) is 15.9 Å². The summed E-state index contributed by atoms with van der Waals surface area (Å²) in [4.78, 5) is 15.2. The number of nitrogens with one attached hydrogen (secondary N) is 2. The van der Waals surface area contributed by atoms with Gasteiger partial charge in [-0.1, -0.05) is 37.3 Å². The molecular weight excluding hydrogens is 406 g/mol. The fourth-order valence-corrected chi connectivity index (χ4v) is 5.36. The molecule has 2 aromatic carbocycles. The highest BCUT2D eigenvalue weighted by Crippen LogP contribution is 2.36. The van der Waals surface area contributed by atoms with Crippen LogP contribution in [0.15, 0.2) is 58.3 Å². The Balaban J connectivity index is 1.54. The van der Waals surface area contributed by atoms with Gasteiger partial charge in [0, 0.05) is 29.7 Å². The summed E-state index contributed by atoms with van der Waals surface area (Å²) < 4.78 is 27.9. The molecule has 1 unspecified atom stereocenters. The van der Waals surface area contributed by atoms with Crippen LogP contribution in [0.2, 0.25) is 0 Å². The smallest absolute Gasteiger partial charge is 0.240 e. The van der Waals surface area contributed by atoms with Gasteiger partial charge in [-0.25, -0.2) is 13.1 Å².